The Morgan fingerprint density at radius 3 is 2.91 bits per heavy atom. The monoisotopic (exact) mass is 333 g/mol. The lowest BCUT2D eigenvalue weighted by atomic mass is 10.0. The van der Waals surface area contributed by atoms with E-state index in [-0.39, 0.29) is 28.9 Å². The van der Waals surface area contributed by atoms with E-state index >= 15 is 0 Å². The van der Waals surface area contributed by atoms with E-state index in [1.807, 2.05) is 6.07 Å². The molecule has 23 heavy (non-hydrogen) atoms. The third kappa shape index (κ3) is 2.99. The molecule has 1 unspecified atom stereocenters. The molecule has 3 rings (SSSR count). The normalized spacial score (nSPS) is 16.5. The smallest absolute Gasteiger partial charge is 0.255 e. The van der Waals surface area contributed by atoms with Crippen LogP contribution in [-0.2, 0) is 0 Å². The SMILES string of the molecule is COc1cccc(C(=O)NC2CCSc3c(F)cccc32)c1O. The van der Waals surface area contributed by atoms with E-state index in [9.17, 15) is 14.3 Å². The number of ether oxygens (including phenoxy) is 1. The Labute approximate surface area is 137 Å². The van der Waals surface area contributed by atoms with Crippen LogP contribution in [0, 0.1) is 5.82 Å². The van der Waals surface area contributed by atoms with E-state index in [0.717, 1.165) is 11.3 Å². The number of halogens is 1. The van der Waals surface area contributed by atoms with Gasteiger partial charge < -0.3 is 15.2 Å². The first kappa shape index (κ1) is 15.7. The molecule has 0 fully saturated rings. The van der Waals surface area contributed by atoms with Gasteiger partial charge in [0, 0.05) is 10.6 Å². The number of fused-ring (bicyclic) bond motifs is 1. The molecule has 1 aliphatic heterocycles. The van der Waals surface area contributed by atoms with Crippen molar-refractivity contribution in [3.05, 3.63) is 53.3 Å². The van der Waals surface area contributed by atoms with Crippen molar-refractivity contribution < 1.29 is 19.0 Å². The van der Waals surface area contributed by atoms with Gasteiger partial charge in [-0.2, -0.15) is 0 Å². The van der Waals surface area contributed by atoms with Gasteiger partial charge in [-0.25, -0.2) is 4.39 Å². The number of para-hydroxylation sites is 1. The van der Waals surface area contributed by atoms with Crippen LogP contribution in [0.2, 0.25) is 0 Å². The van der Waals surface area contributed by atoms with Crippen LogP contribution in [0.5, 0.6) is 11.5 Å². The number of thioether (sulfide) groups is 1. The number of hydrogen-bond donors (Lipinski definition) is 2. The number of rotatable bonds is 3. The molecule has 1 atom stereocenters. The van der Waals surface area contributed by atoms with Crippen molar-refractivity contribution in [1.82, 2.24) is 5.32 Å². The number of aromatic hydroxyl groups is 1. The van der Waals surface area contributed by atoms with Crippen LogP contribution in [0.4, 0.5) is 4.39 Å². The van der Waals surface area contributed by atoms with Crippen molar-refractivity contribution in [2.24, 2.45) is 0 Å². The molecule has 0 saturated carbocycles. The summed E-state index contributed by atoms with van der Waals surface area (Å²) in [5.74, 6) is 0.0906. The molecule has 0 saturated heterocycles. The lowest BCUT2D eigenvalue weighted by Crippen LogP contribution is -2.31. The topological polar surface area (TPSA) is 58.6 Å². The van der Waals surface area contributed by atoms with Gasteiger partial charge in [0.25, 0.3) is 5.91 Å². The number of phenolic OH excluding ortho intramolecular Hbond substituents is 1. The van der Waals surface area contributed by atoms with Gasteiger partial charge in [0.1, 0.15) is 5.82 Å². The van der Waals surface area contributed by atoms with E-state index in [0.29, 0.717) is 11.3 Å². The highest BCUT2D eigenvalue weighted by atomic mass is 32.2. The molecule has 2 aromatic carbocycles. The Bertz CT molecular complexity index is 751. The highest BCUT2D eigenvalue weighted by Gasteiger charge is 2.26. The summed E-state index contributed by atoms with van der Waals surface area (Å²) < 4.78 is 18.9. The van der Waals surface area contributed by atoms with Gasteiger partial charge in [-0.1, -0.05) is 18.2 Å². The van der Waals surface area contributed by atoms with E-state index in [4.69, 9.17) is 4.74 Å². The second-order valence-corrected chi connectivity index (χ2v) is 6.28. The molecule has 0 aromatic heterocycles. The summed E-state index contributed by atoms with van der Waals surface area (Å²) in [7, 11) is 1.42. The first-order valence-electron chi connectivity index (χ1n) is 7.20. The molecular formula is C17H16FNO3S. The summed E-state index contributed by atoms with van der Waals surface area (Å²) >= 11 is 1.46. The molecule has 0 spiro atoms. The van der Waals surface area contributed by atoms with E-state index in [1.54, 1.807) is 18.2 Å². The van der Waals surface area contributed by atoms with Gasteiger partial charge in [-0.3, -0.25) is 4.79 Å². The van der Waals surface area contributed by atoms with Crippen LogP contribution < -0.4 is 10.1 Å². The molecule has 1 amide bonds. The van der Waals surface area contributed by atoms with Crippen molar-refractivity contribution >= 4 is 17.7 Å². The van der Waals surface area contributed by atoms with E-state index < -0.39 is 5.91 Å². The predicted octanol–water partition coefficient (Wildman–Crippen LogP) is 3.51. The van der Waals surface area contributed by atoms with Crippen molar-refractivity contribution in [3.63, 3.8) is 0 Å². The minimum atomic E-state index is -0.409. The van der Waals surface area contributed by atoms with E-state index in [2.05, 4.69) is 5.32 Å². The van der Waals surface area contributed by atoms with Crippen molar-refractivity contribution in [2.75, 3.05) is 12.9 Å². The number of benzene rings is 2. The summed E-state index contributed by atoms with van der Waals surface area (Å²) in [4.78, 5) is 13.1. The average molecular weight is 333 g/mol. The molecule has 120 valence electrons. The zero-order valence-electron chi connectivity index (χ0n) is 12.5. The van der Waals surface area contributed by atoms with Crippen molar-refractivity contribution in [3.8, 4) is 11.5 Å². The average Bonchev–Trinajstić information content (AvgIpc) is 2.56. The molecule has 4 nitrogen and oxygen atoms in total. The Morgan fingerprint density at radius 2 is 2.13 bits per heavy atom. The predicted molar refractivity (Wildman–Crippen MR) is 86.6 cm³/mol. The third-order valence-corrected chi connectivity index (χ3v) is 4.95. The van der Waals surface area contributed by atoms with Crippen molar-refractivity contribution in [2.45, 2.75) is 17.4 Å². The molecular weight excluding hydrogens is 317 g/mol. The van der Waals surface area contributed by atoms with Gasteiger partial charge in [-0.15, -0.1) is 11.8 Å². The maximum Gasteiger partial charge on any atom is 0.255 e. The van der Waals surface area contributed by atoms with Crippen molar-refractivity contribution in [1.29, 1.82) is 0 Å². The fourth-order valence-electron chi connectivity index (χ4n) is 2.64. The molecule has 0 bridgehead atoms. The first-order valence-corrected chi connectivity index (χ1v) is 8.18. The number of carbonyl (C=O) groups is 1. The summed E-state index contributed by atoms with van der Waals surface area (Å²) in [6, 6.07) is 9.34. The quantitative estimate of drug-likeness (QED) is 0.902. The number of methoxy groups -OCH3 is 1. The third-order valence-electron chi connectivity index (χ3n) is 3.79. The van der Waals surface area contributed by atoms with E-state index in [1.165, 1.54) is 31.0 Å². The molecule has 2 N–H and O–H groups in total. The van der Waals surface area contributed by atoms with Crippen LogP contribution in [-0.4, -0.2) is 23.9 Å². The zero-order valence-corrected chi connectivity index (χ0v) is 13.3. The highest BCUT2D eigenvalue weighted by Crippen LogP contribution is 2.38. The molecule has 2 aromatic rings. The van der Waals surface area contributed by atoms with Gasteiger partial charge in [0.15, 0.2) is 11.5 Å². The number of carbonyl (C=O) groups excluding carboxylic acids is 1. The second kappa shape index (κ2) is 6.50. The molecule has 1 heterocycles. The Hall–Kier alpha value is -2.21. The maximum atomic E-state index is 13.9. The minimum absolute atomic E-state index is 0.139. The lowest BCUT2D eigenvalue weighted by Gasteiger charge is -2.26. The van der Waals surface area contributed by atoms with Crippen LogP contribution in [0.15, 0.2) is 41.3 Å². The summed E-state index contributed by atoms with van der Waals surface area (Å²) in [6.07, 6.45) is 0.706. The molecule has 0 aliphatic carbocycles. The van der Waals surface area contributed by atoms with Crippen LogP contribution in [0.25, 0.3) is 0 Å². The van der Waals surface area contributed by atoms with Crippen LogP contribution >= 0.6 is 11.8 Å². The number of amides is 1. The van der Waals surface area contributed by atoms with Gasteiger partial charge in [-0.05, 0) is 30.2 Å². The summed E-state index contributed by atoms with van der Waals surface area (Å²) in [5.41, 5.74) is 0.914. The summed E-state index contributed by atoms with van der Waals surface area (Å²) in [5, 5.41) is 13.0. The van der Waals surface area contributed by atoms with Crippen LogP contribution in [0.1, 0.15) is 28.4 Å². The van der Waals surface area contributed by atoms with Gasteiger partial charge >= 0.3 is 0 Å². The minimum Gasteiger partial charge on any atom is -0.504 e. The number of phenols is 1. The first-order chi connectivity index (χ1) is 11.1. The maximum absolute atomic E-state index is 13.9. The highest BCUT2D eigenvalue weighted by molar-refractivity contribution is 7.99. The Kier molecular flexibility index (Phi) is 4.43. The fourth-order valence-corrected chi connectivity index (χ4v) is 3.78. The standard InChI is InChI=1S/C17H16FNO3S/c1-22-14-7-3-5-11(15(14)20)17(21)19-13-8-9-23-16-10(13)4-2-6-12(16)18/h2-7,13,20H,8-9H2,1H3,(H,19,21). The Balaban J connectivity index is 1.87. The molecule has 1 aliphatic rings. The van der Waals surface area contributed by atoms with Gasteiger partial charge in [0.2, 0.25) is 0 Å². The molecule has 6 heteroatoms. The Morgan fingerprint density at radius 1 is 1.35 bits per heavy atom. The van der Waals surface area contributed by atoms with Gasteiger partial charge in [0.05, 0.1) is 18.7 Å². The van der Waals surface area contributed by atoms with Crippen LogP contribution in [0.3, 0.4) is 0 Å². The number of hydrogen-bond acceptors (Lipinski definition) is 4. The summed E-state index contributed by atoms with van der Waals surface area (Å²) in [6.45, 7) is 0. The number of nitrogens with one attached hydrogen (secondary N) is 1. The fraction of sp³-hybridized carbons (Fsp3) is 0.235. The molecule has 0 radical (unpaired) electrons. The lowest BCUT2D eigenvalue weighted by molar-refractivity contribution is 0.0931. The largest absolute Gasteiger partial charge is 0.504 e. The second-order valence-electron chi connectivity index (χ2n) is 5.18. The zero-order chi connectivity index (χ0) is 16.4.